The van der Waals surface area contributed by atoms with Crippen LogP contribution in [0.15, 0.2) is 30.7 Å². The van der Waals surface area contributed by atoms with Gasteiger partial charge in [-0.3, -0.25) is 9.97 Å². The number of likely N-dealkylation sites (N-methyl/N-ethyl adjacent to an activating group) is 1. The van der Waals surface area contributed by atoms with Crippen LogP contribution in [0.3, 0.4) is 0 Å². The zero-order valence-corrected chi connectivity index (χ0v) is 10.9. The Morgan fingerprint density at radius 2 is 2.17 bits per heavy atom. The van der Waals surface area contributed by atoms with E-state index in [0.717, 1.165) is 18.6 Å². The Morgan fingerprint density at radius 1 is 1.28 bits per heavy atom. The number of rotatable bonds is 2. The predicted octanol–water partition coefficient (Wildman–Crippen LogP) is 1.77. The molecule has 0 amide bonds. The number of nitrogens with zero attached hydrogens (tertiary/aromatic N) is 4. The number of pyridine rings is 2. The SMILES string of the molecule is CN(C)[C@H]1CCN(c2ccnc3cnccc23)C1. The van der Waals surface area contributed by atoms with Crippen molar-refractivity contribution in [3.05, 3.63) is 30.7 Å². The Bertz CT molecular complexity index is 547. The maximum absolute atomic E-state index is 4.37. The summed E-state index contributed by atoms with van der Waals surface area (Å²) < 4.78 is 0. The molecule has 4 heteroatoms. The number of fused-ring (bicyclic) bond motifs is 1. The van der Waals surface area contributed by atoms with Crippen LogP contribution >= 0.6 is 0 Å². The van der Waals surface area contributed by atoms with Crippen LogP contribution in [0.25, 0.3) is 10.9 Å². The van der Waals surface area contributed by atoms with Gasteiger partial charge >= 0.3 is 0 Å². The summed E-state index contributed by atoms with van der Waals surface area (Å²) in [7, 11) is 4.31. The maximum Gasteiger partial charge on any atom is 0.0905 e. The second-order valence-electron chi connectivity index (χ2n) is 5.08. The molecule has 1 saturated heterocycles. The first-order chi connectivity index (χ1) is 8.75. The molecule has 1 atom stereocenters. The van der Waals surface area contributed by atoms with Crippen molar-refractivity contribution >= 4 is 16.6 Å². The highest BCUT2D eigenvalue weighted by Gasteiger charge is 2.25. The van der Waals surface area contributed by atoms with Crippen molar-refractivity contribution in [2.75, 3.05) is 32.1 Å². The van der Waals surface area contributed by atoms with E-state index in [-0.39, 0.29) is 0 Å². The van der Waals surface area contributed by atoms with Crippen molar-refractivity contribution in [2.24, 2.45) is 0 Å². The number of hydrogen-bond donors (Lipinski definition) is 0. The highest BCUT2D eigenvalue weighted by Crippen LogP contribution is 2.28. The van der Waals surface area contributed by atoms with Crippen molar-refractivity contribution in [1.82, 2.24) is 14.9 Å². The van der Waals surface area contributed by atoms with Crippen molar-refractivity contribution in [3.8, 4) is 0 Å². The van der Waals surface area contributed by atoms with Crippen molar-refractivity contribution < 1.29 is 0 Å². The lowest BCUT2D eigenvalue weighted by atomic mass is 10.2. The minimum Gasteiger partial charge on any atom is -0.369 e. The molecule has 0 saturated carbocycles. The first kappa shape index (κ1) is 11.4. The zero-order valence-electron chi connectivity index (χ0n) is 10.9. The van der Waals surface area contributed by atoms with Crippen LogP contribution in [0.4, 0.5) is 5.69 Å². The fourth-order valence-corrected chi connectivity index (χ4v) is 2.64. The number of hydrogen-bond acceptors (Lipinski definition) is 4. The fraction of sp³-hybridized carbons (Fsp3) is 0.429. The molecular weight excluding hydrogens is 224 g/mol. The first-order valence-corrected chi connectivity index (χ1v) is 6.36. The molecule has 0 spiro atoms. The monoisotopic (exact) mass is 242 g/mol. The minimum atomic E-state index is 0.648. The Hall–Kier alpha value is -1.68. The third kappa shape index (κ3) is 1.93. The first-order valence-electron chi connectivity index (χ1n) is 6.36. The lowest BCUT2D eigenvalue weighted by Gasteiger charge is -2.22. The molecule has 4 nitrogen and oxygen atoms in total. The Kier molecular flexibility index (Phi) is 2.88. The van der Waals surface area contributed by atoms with Crippen LogP contribution < -0.4 is 4.90 Å². The summed E-state index contributed by atoms with van der Waals surface area (Å²) >= 11 is 0. The summed E-state index contributed by atoms with van der Waals surface area (Å²) in [4.78, 5) is 13.3. The van der Waals surface area contributed by atoms with Gasteiger partial charge in [-0.15, -0.1) is 0 Å². The molecule has 2 aromatic heterocycles. The topological polar surface area (TPSA) is 32.3 Å². The molecule has 1 aliphatic rings. The van der Waals surface area contributed by atoms with E-state index in [0.29, 0.717) is 6.04 Å². The molecule has 94 valence electrons. The van der Waals surface area contributed by atoms with Gasteiger partial charge in [0.25, 0.3) is 0 Å². The van der Waals surface area contributed by atoms with Crippen molar-refractivity contribution in [2.45, 2.75) is 12.5 Å². The van der Waals surface area contributed by atoms with Gasteiger partial charge in [-0.25, -0.2) is 0 Å². The third-order valence-corrected chi connectivity index (χ3v) is 3.76. The molecule has 1 aliphatic heterocycles. The molecule has 0 aromatic carbocycles. The lowest BCUT2D eigenvalue weighted by molar-refractivity contribution is 0.315. The highest BCUT2D eigenvalue weighted by molar-refractivity contribution is 5.90. The van der Waals surface area contributed by atoms with E-state index >= 15 is 0 Å². The van der Waals surface area contributed by atoms with E-state index in [9.17, 15) is 0 Å². The van der Waals surface area contributed by atoms with Gasteiger partial charge in [0.05, 0.1) is 11.7 Å². The molecule has 1 fully saturated rings. The van der Waals surface area contributed by atoms with Crippen LogP contribution in [0.5, 0.6) is 0 Å². The van der Waals surface area contributed by atoms with Gasteiger partial charge in [-0.2, -0.15) is 0 Å². The normalized spacial score (nSPS) is 19.9. The van der Waals surface area contributed by atoms with Gasteiger partial charge < -0.3 is 9.80 Å². The fourth-order valence-electron chi connectivity index (χ4n) is 2.64. The average Bonchev–Trinajstić information content (AvgIpc) is 2.87. The molecule has 2 aromatic rings. The van der Waals surface area contributed by atoms with Crippen LogP contribution in [0.2, 0.25) is 0 Å². The Labute approximate surface area is 107 Å². The second-order valence-corrected chi connectivity index (χ2v) is 5.08. The molecule has 3 heterocycles. The highest BCUT2D eigenvalue weighted by atomic mass is 15.2. The Morgan fingerprint density at radius 3 is 2.94 bits per heavy atom. The third-order valence-electron chi connectivity index (χ3n) is 3.76. The molecule has 0 N–H and O–H groups in total. The molecule has 3 rings (SSSR count). The van der Waals surface area contributed by atoms with E-state index in [1.165, 1.54) is 17.5 Å². The maximum atomic E-state index is 4.37. The molecule has 18 heavy (non-hydrogen) atoms. The van der Waals surface area contributed by atoms with E-state index in [2.05, 4.69) is 46.0 Å². The largest absolute Gasteiger partial charge is 0.369 e. The van der Waals surface area contributed by atoms with E-state index in [1.807, 2.05) is 18.6 Å². The van der Waals surface area contributed by atoms with Gasteiger partial charge in [0.2, 0.25) is 0 Å². The van der Waals surface area contributed by atoms with Gasteiger partial charge in [0.15, 0.2) is 0 Å². The average molecular weight is 242 g/mol. The quantitative estimate of drug-likeness (QED) is 0.803. The van der Waals surface area contributed by atoms with Gasteiger partial charge in [-0.1, -0.05) is 0 Å². The molecular formula is C14H18N4. The summed E-state index contributed by atoms with van der Waals surface area (Å²) in [6.07, 6.45) is 6.77. The predicted molar refractivity (Wildman–Crippen MR) is 73.8 cm³/mol. The van der Waals surface area contributed by atoms with Crippen LogP contribution in [0.1, 0.15) is 6.42 Å². The van der Waals surface area contributed by atoms with Gasteiger partial charge in [0.1, 0.15) is 0 Å². The van der Waals surface area contributed by atoms with E-state index < -0.39 is 0 Å². The van der Waals surface area contributed by atoms with E-state index in [1.54, 1.807) is 0 Å². The number of anilines is 1. The summed E-state index contributed by atoms with van der Waals surface area (Å²) in [5.41, 5.74) is 2.26. The molecule has 0 unspecified atom stereocenters. The summed E-state index contributed by atoms with van der Waals surface area (Å²) in [6.45, 7) is 2.21. The minimum absolute atomic E-state index is 0.648. The van der Waals surface area contributed by atoms with Crippen molar-refractivity contribution in [3.63, 3.8) is 0 Å². The van der Waals surface area contributed by atoms with E-state index in [4.69, 9.17) is 0 Å². The molecule has 0 radical (unpaired) electrons. The lowest BCUT2D eigenvalue weighted by Crippen LogP contribution is -2.31. The van der Waals surface area contributed by atoms with Gasteiger partial charge in [-0.05, 0) is 32.6 Å². The van der Waals surface area contributed by atoms with Crippen LogP contribution in [-0.4, -0.2) is 48.1 Å². The summed E-state index contributed by atoms with van der Waals surface area (Å²) in [5.74, 6) is 0. The summed E-state index contributed by atoms with van der Waals surface area (Å²) in [6, 6.07) is 4.82. The van der Waals surface area contributed by atoms with Crippen LogP contribution in [0, 0.1) is 0 Å². The zero-order chi connectivity index (χ0) is 12.5. The smallest absolute Gasteiger partial charge is 0.0905 e. The number of aromatic nitrogens is 2. The standard InChI is InChI=1S/C14H18N4/c1-17(2)11-5-8-18(10-11)14-4-7-16-13-9-15-6-3-12(13)14/h3-4,6-7,9,11H,5,8,10H2,1-2H3/t11-/m0/s1. The van der Waals surface area contributed by atoms with Gasteiger partial charge in [0, 0.05) is 42.6 Å². The molecule has 0 aliphatic carbocycles. The second kappa shape index (κ2) is 4.53. The summed E-state index contributed by atoms with van der Waals surface area (Å²) in [5, 5.41) is 1.20. The van der Waals surface area contributed by atoms with Crippen LogP contribution in [-0.2, 0) is 0 Å². The van der Waals surface area contributed by atoms with Crippen molar-refractivity contribution in [1.29, 1.82) is 0 Å². The molecule has 0 bridgehead atoms. The Balaban J connectivity index is 1.96.